The Bertz CT molecular complexity index is 1050. The number of benzene rings is 2. The third-order valence-corrected chi connectivity index (χ3v) is 7.35. The minimum atomic E-state index is -0.888. The lowest BCUT2D eigenvalue weighted by Crippen LogP contribution is -2.14. The van der Waals surface area contributed by atoms with Gasteiger partial charge in [0, 0.05) is 5.56 Å². The van der Waals surface area contributed by atoms with Crippen molar-refractivity contribution in [2.24, 2.45) is 16.9 Å². The van der Waals surface area contributed by atoms with Gasteiger partial charge in [-0.05, 0) is 105 Å². The van der Waals surface area contributed by atoms with E-state index >= 15 is 0 Å². The number of unbranched alkanes of at least 4 members (excludes halogenated alkanes) is 3. The van der Waals surface area contributed by atoms with Crippen LogP contribution >= 0.6 is 0 Å². The van der Waals surface area contributed by atoms with Crippen LogP contribution in [0.25, 0.3) is 0 Å². The Kier molecular flexibility index (Phi) is 13.0. The summed E-state index contributed by atoms with van der Waals surface area (Å²) in [6.45, 7) is 6.83. The second-order valence-electron chi connectivity index (χ2n) is 10.3. The Labute approximate surface area is 233 Å². The van der Waals surface area contributed by atoms with Crippen LogP contribution in [0.3, 0.4) is 0 Å². The van der Waals surface area contributed by atoms with Crippen molar-refractivity contribution in [3.8, 4) is 11.5 Å². The molecule has 2 aromatic carbocycles. The largest absolute Gasteiger partial charge is 0.494 e. The van der Waals surface area contributed by atoms with E-state index in [1.807, 2.05) is 6.07 Å². The smallest absolute Gasteiger partial charge is 0.343 e. The van der Waals surface area contributed by atoms with Crippen molar-refractivity contribution in [3.05, 3.63) is 71.8 Å². The lowest BCUT2D eigenvalue weighted by molar-refractivity contribution is -0.0649. The molecule has 3 rings (SSSR count). The van der Waals surface area contributed by atoms with E-state index in [9.17, 15) is 9.90 Å². The fourth-order valence-corrected chi connectivity index (χ4v) is 5.15. The number of ether oxygens (including phenoxy) is 3. The van der Waals surface area contributed by atoms with Crippen LogP contribution in [0.1, 0.15) is 98.5 Å². The zero-order chi connectivity index (χ0) is 27.9. The Morgan fingerprint density at radius 3 is 2.46 bits per heavy atom. The lowest BCUT2D eigenvalue weighted by atomic mass is 9.77. The number of nitrogens with two attached hydrogens (primary N) is 1. The third-order valence-electron chi connectivity index (χ3n) is 7.35. The lowest BCUT2D eigenvalue weighted by Gasteiger charge is -2.29. The van der Waals surface area contributed by atoms with Crippen molar-refractivity contribution in [3.63, 3.8) is 0 Å². The molecule has 0 heterocycles. The molecule has 1 atom stereocenters. The van der Waals surface area contributed by atoms with Crippen molar-refractivity contribution >= 4 is 12.2 Å². The third kappa shape index (κ3) is 10.2. The maximum absolute atomic E-state index is 12.8. The molecule has 2 aromatic rings. The van der Waals surface area contributed by atoms with Crippen LogP contribution < -0.4 is 15.3 Å². The zero-order valence-electron chi connectivity index (χ0n) is 23.2. The van der Waals surface area contributed by atoms with Crippen molar-refractivity contribution in [1.29, 1.82) is 0 Å². The maximum atomic E-state index is 12.8. The molecule has 0 saturated heterocycles. The molecule has 0 aromatic heterocycles. The number of carbonyl (C=O) groups excluding carboxylic acids is 1. The minimum absolute atomic E-state index is 0.440. The van der Waals surface area contributed by atoms with E-state index < -0.39 is 12.3 Å². The number of carbonyl (C=O) groups is 1. The molecule has 0 amide bonds. The Balaban J connectivity index is 1.46. The first-order chi connectivity index (χ1) is 19.0. The monoisotopic (exact) mass is 536 g/mol. The molecule has 1 aliphatic rings. The fourth-order valence-electron chi connectivity index (χ4n) is 5.15. The van der Waals surface area contributed by atoms with E-state index in [4.69, 9.17) is 20.1 Å². The van der Waals surface area contributed by atoms with Crippen molar-refractivity contribution in [2.75, 3.05) is 13.2 Å². The molecule has 0 bridgehead atoms. The molecular weight excluding hydrogens is 492 g/mol. The van der Waals surface area contributed by atoms with E-state index in [2.05, 4.69) is 30.7 Å². The predicted octanol–water partition coefficient (Wildman–Crippen LogP) is 6.73. The van der Waals surface area contributed by atoms with Gasteiger partial charge in [0.1, 0.15) is 11.5 Å². The molecule has 0 radical (unpaired) electrons. The molecule has 1 fully saturated rings. The van der Waals surface area contributed by atoms with Gasteiger partial charge in [-0.25, -0.2) is 4.79 Å². The highest BCUT2D eigenvalue weighted by molar-refractivity contribution is 5.93. The molecule has 1 unspecified atom stereocenters. The SMILES string of the molecule is C=CC(O)OCCCCCCOc1ccc(C(=O)Oc2ccc(C3CCC(CCC)CC3)cc2/C=N/N)cc1. The average Bonchev–Trinajstić information content (AvgIpc) is 2.96. The van der Waals surface area contributed by atoms with Crippen LogP contribution in [0.4, 0.5) is 0 Å². The van der Waals surface area contributed by atoms with Gasteiger partial charge in [0.2, 0.25) is 0 Å². The van der Waals surface area contributed by atoms with Gasteiger partial charge in [0.05, 0.1) is 25.0 Å². The summed E-state index contributed by atoms with van der Waals surface area (Å²) in [6.07, 6.45) is 13.3. The van der Waals surface area contributed by atoms with Crippen LogP contribution in [0.2, 0.25) is 0 Å². The quantitative estimate of drug-likeness (QED) is 0.0360. The Morgan fingerprint density at radius 2 is 1.79 bits per heavy atom. The number of hydrazone groups is 1. The van der Waals surface area contributed by atoms with E-state index in [1.54, 1.807) is 30.5 Å². The van der Waals surface area contributed by atoms with E-state index in [-0.39, 0.29) is 0 Å². The zero-order valence-corrected chi connectivity index (χ0v) is 23.2. The van der Waals surface area contributed by atoms with Crippen molar-refractivity contribution < 1.29 is 24.1 Å². The first-order valence-electron chi connectivity index (χ1n) is 14.3. The van der Waals surface area contributed by atoms with E-state index in [0.717, 1.165) is 31.6 Å². The van der Waals surface area contributed by atoms with Gasteiger partial charge in [-0.3, -0.25) is 0 Å². The second-order valence-corrected chi connectivity index (χ2v) is 10.3. The summed E-state index contributed by atoms with van der Waals surface area (Å²) in [6, 6.07) is 12.9. The molecular formula is C32H44N2O5. The minimum Gasteiger partial charge on any atom is -0.494 e. The number of hydrogen-bond acceptors (Lipinski definition) is 7. The summed E-state index contributed by atoms with van der Waals surface area (Å²) in [5, 5.41) is 13.0. The molecule has 1 aliphatic carbocycles. The summed E-state index contributed by atoms with van der Waals surface area (Å²) >= 11 is 0. The molecule has 7 heteroatoms. The first-order valence-corrected chi connectivity index (χ1v) is 14.3. The molecule has 3 N–H and O–H groups in total. The van der Waals surface area contributed by atoms with Crippen molar-refractivity contribution in [2.45, 2.75) is 83.3 Å². The molecule has 212 valence electrons. The summed E-state index contributed by atoms with van der Waals surface area (Å²) in [5.41, 5.74) is 2.40. The summed E-state index contributed by atoms with van der Waals surface area (Å²) < 4.78 is 16.7. The molecule has 7 nitrogen and oxygen atoms in total. The van der Waals surface area contributed by atoms with Crippen molar-refractivity contribution in [1.82, 2.24) is 0 Å². The Hall–Kier alpha value is -3.16. The van der Waals surface area contributed by atoms with Crippen LogP contribution in [0.15, 0.2) is 60.2 Å². The summed E-state index contributed by atoms with van der Waals surface area (Å²) in [4.78, 5) is 12.8. The fraction of sp³-hybridized carbons (Fsp3) is 0.500. The number of aliphatic hydroxyl groups is 1. The topological polar surface area (TPSA) is 103 Å². The summed E-state index contributed by atoms with van der Waals surface area (Å²) in [5.74, 6) is 7.54. The van der Waals surface area contributed by atoms with Gasteiger partial charge >= 0.3 is 5.97 Å². The average molecular weight is 537 g/mol. The number of nitrogens with zero attached hydrogens (tertiary/aromatic N) is 1. The molecule has 0 spiro atoms. The number of aliphatic hydroxyl groups excluding tert-OH is 1. The highest BCUT2D eigenvalue weighted by Crippen LogP contribution is 2.38. The molecule has 1 saturated carbocycles. The Morgan fingerprint density at radius 1 is 1.08 bits per heavy atom. The van der Waals surface area contributed by atoms with Crippen LogP contribution in [-0.2, 0) is 4.74 Å². The first kappa shape index (κ1) is 30.4. The second kappa shape index (κ2) is 16.7. The van der Waals surface area contributed by atoms with E-state index in [0.29, 0.717) is 41.8 Å². The number of esters is 1. The van der Waals surface area contributed by atoms with Gasteiger partial charge < -0.3 is 25.2 Å². The van der Waals surface area contributed by atoms with Crippen LogP contribution in [0.5, 0.6) is 11.5 Å². The number of hydrogen-bond donors (Lipinski definition) is 2. The van der Waals surface area contributed by atoms with Crippen LogP contribution in [0, 0.1) is 5.92 Å². The van der Waals surface area contributed by atoms with Gasteiger partial charge in [-0.15, -0.1) is 0 Å². The normalized spacial score (nSPS) is 18.1. The molecule has 0 aliphatic heterocycles. The number of rotatable bonds is 16. The van der Waals surface area contributed by atoms with Gasteiger partial charge in [-0.2, -0.15) is 5.10 Å². The van der Waals surface area contributed by atoms with Gasteiger partial charge in [0.15, 0.2) is 6.29 Å². The van der Waals surface area contributed by atoms with E-state index in [1.165, 1.54) is 50.2 Å². The summed E-state index contributed by atoms with van der Waals surface area (Å²) in [7, 11) is 0. The predicted molar refractivity (Wildman–Crippen MR) is 155 cm³/mol. The standard InChI is InChI=1S/C32H44N2O5/c1-3-9-24-10-12-25(13-11-24)27-16-19-30(28(22-27)23-34-33)39-32(36)26-14-17-29(18-15-26)37-20-7-5-6-8-21-38-31(35)4-2/h4,14-19,22-25,31,35H,2-3,5-13,20-21,33H2,1H3/b34-23+. The highest BCUT2D eigenvalue weighted by atomic mass is 16.6. The highest BCUT2D eigenvalue weighted by Gasteiger charge is 2.23. The van der Waals surface area contributed by atoms with Gasteiger partial charge in [-0.1, -0.05) is 38.8 Å². The van der Waals surface area contributed by atoms with Crippen LogP contribution in [-0.4, -0.2) is 36.8 Å². The maximum Gasteiger partial charge on any atom is 0.343 e. The van der Waals surface area contributed by atoms with Gasteiger partial charge in [0.25, 0.3) is 0 Å². The molecule has 39 heavy (non-hydrogen) atoms.